The number of amides is 1. The number of halogens is 1. The van der Waals surface area contributed by atoms with Gasteiger partial charge in [0.25, 0.3) is 0 Å². The molecule has 0 spiro atoms. The van der Waals surface area contributed by atoms with Gasteiger partial charge in [-0.3, -0.25) is 4.79 Å². The Morgan fingerprint density at radius 1 is 1.16 bits per heavy atom. The number of likely N-dealkylation sites (tertiary alicyclic amines) is 1. The van der Waals surface area contributed by atoms with Crippen LogP contribution in [0.1, 0.15) is 46.5 Å². The molecule has 19 heavy (non-hydrogen) atoms. The van der Waals surface area contributed by atoms with Crippen LogP contribution in [0.3, 0.4) is 0 Å². The SMILES string of the molecule is CC(C)(C)C1CCN(C(=O)C2CCCNC2)CC1.Cl. The van der Waals surface area contributed by atoms with E-state index in [1.807, 2.05) is 0 Å². The molecular formula is C15H29ClN2O. The Labute approximate surface area is 123 Å². The van der Waals surface area contributed by atoms with E-state index in [-0.39, 0.29) is 18.3 Å². The van der Waals surface area contributed by atoms with E-state index in [1.54, 1.807) is 0 Å². The maximum absolute atomic E-state index is 12.4. The number of carbonyl (C=O) groups is 1. The molecule has 2 saturated heterocycles. The molecule has 2 aliphatic heterocycles. The quantitative estimate of drug-likeness (QED) is 0.805. The second kappa shape index (κ2) is 6.94. The van der Waals surface area contributed by atoms with Gasteiger partial charge in [0.2, 0.25) is 5.91 Å². The van der Waals surface area contributed by atoms with E-state index >= 15 is 0 Å². The van der Waals surface area contributed by atoms with Gasteiger partial charge >= 0.3 is 0 Å². The molecule has 1 unspecified atom stereocenters. The molecule has 1 amide bonds. The largest absolute Gasteiger partial charge is 0.342 e. The van der Waals surface area contributed by atoms with Crippen LogP contribution in [0, 0.1) is 17.3 Å². The Morgan fingerprint density at radius 2 is 1.79 bits per heavy atom. The number of nitrogens with zero attached hydrogens (tertiary/aromatic N) is 1. The highest BCUT2D eigenvalue weighted by Gasteiger charge is 2.32. The predicted octanol–water partition coefficient (Wildman–Crippen LogP) is 2.69. The summed E-state index contributed by atoms with van der Waals surface area (Å²) in [5.41, 5.74) is 0.390. The number of rotatable bonds is 1. The third kappa shape index (κ3) is 4.35. The summed E-state index contributed by atoms with van der Waals surface area (Å²) in [7, 11) is 0. The average molecular weight is 289 g/mol. The van der Waals surface area contributed by atoms with Gasteiger partial charge in [0, 0.05) is 19.6 Å². The first-order chi connectivity index (χ1) is 8.48. The van der Waals surface area contributed by atoms with Crippen molar-refractivity contribution in [1.29, 1.82) is 0 Å². The maximum atomic E-state index is 12.4. The first-order valence-electron chi connectivity index (χ1n) is 7.48. The molecule has 2 heterocycles. The van der Waals surface area contributed by atoms with Crippen LogP contribution in [0.5, 0.6) is 0 Å². The predicted molar refractivity (Wildman–Crippen MR) is 81.6 cm³/mol. The summed E-state index contributed by atoms with van der Waals surface area (Å²) in [5.74, 6) is 1.41. The molecule has 0 aliphatic carbocycles. The van der Waals surface area contributed by atoms with E-state index < -0.39 is 0 Å². The monoisotopic (exact) mass is 288 g/mol. The van der Waals surface area contributed by atoms with Gasteiger partial charge in [0.1, 0.15) is 0 Å². The fraction of sp³-hybridized carbons (Fsp3) is 0.933. The zero-order valence-electron chi connectivity index (χ0n) is 12.6. The van der Waals surface area contributed by atoms with Crippen molar-refractivity contribution in [2.24, 2.45) is 17.3 Å². The van der Waals surface area contributed by atoms with Gasteiger partial charge in [0.15, 0.2) is 0 Å². The third-order valence-electron chi connectivity index (χ3n) is 4.68. The summed E-state index contributed by atoms with van der Waals surface area (Å²) in [6.45, 7) is 10.9. The molecule has 0 radical (unpaired) electrons. The molecular weight excluding hydrogens is 260 g/mol. The molecule has 2 fully saturated rings. The lowest BCUT2D eigenvalue weighted by Gasteiger charge is -2.40. The number of piperidine rings is 2. The molecule has 1 N–H and O–H groups in total. The Balaban J connectivity index is 0.00000180. The van der Waals surface area contributed by atoms with Crippen LogP contribution in [-0.2, 0) is 4.79 Å². The van der Waals surface area contributed by atoms with Gasteiger partial charge in [-0.25, -0.2) is 0 Å². The normalized spacial score (nSPS) is 25.8. The van der Waals surface area contributed by atoms with Gasteiger partial charge in [-0.2, -0.15) is 0 Å². The minimum atomic E-state index is 0. The van der Waals surface area contributed by atoms with Crippen LogP contribution < -0.4 is 5.32 Å². The molecule has 2 aliphatic rings. The van der Waals surface area contributed by atoms with Crippen LogP contribution in [0.2, 0.25) is 0 Å². The van der Waals surface area contributed by atoms with Crippen LogP contribution in [0.4, 0.5) is 0 Å². The van der Waals surface area contributed by atoms with Crippen molar-refractivity contribution in [3.8, 4) is 0 Å². The minimum Gasteiger partial charge on any atom is -0.342 e. The van der Waals surface area contributed by atoms with Gasteiger partial charge in [0.05, 0.1) is 5.92 Å². The van der Waals surface area contributed by atoms with E-state index in [9.17, 15) is 4.79 Å². The van der Waals surface area contributed by atoms with Crippen LogP contribution in [0.15, 0.2) is 0 Å². The molecule has 1 atom stereocenters. The molecule has 0 aromatic carbocycles. The van der Waals surface area contributed by atoms with Crippen molar-refractivity contribution >= 4 is 18.3 Å². The van der Waals surface area contributed by atoms with Crippen molar-refractivity contribution in [3.05, 3.63) is 0 Å². The fourth-order valence-electron chi connectivity index (χ4n) is 3.29. The van der Waals surface area contributed by atoms with E-state index in [4.69, 9.17) is 0 Å². The third-order valence-corrected chi connectivity index (χ3v) is 4.68. The van der Waals surface area contributed by atoms with E-state index in [0.29, 0.717) is 11.3 Å². The first-order valence-corrected chi connectivity index (χ1v) is 7.48. The molecule has 112 valence electrons. The lowest BCUT2D eigenvalue weighted by molar-refractivity contribution is -0.138. The lowest BCUT2D eigenvalue weighted by Crippen LogP contribution is -2.47. The Hall–Kier alpha value is -0.280. The number of nitrogens with one attached hydrogen (secondary N) is 1. The lowest BCUT2D eigenvalue weighted by atomic mass is 9.75. The Morgan fingerprint density at radius 3 is 2.26 bits per heavy atom. The standard InChI is InChI=1S/C15H28N2O.ClH/c1-15(2,3)13-6-9-17(10-7-13)14(18)12-5-4-8-16-11-12;/h12-13,16H,4-11H2,1-3H3;1H. The van der Waals surface area contributed by atoms with Gasteiger partial charge in [-0.1, -0.05) is 20.8 Å². The summed E-state index contributed by atoms with van der Waals surface area (Å²) < 4.78 is 0. The second-order valence-corrected chi connectivity index (χ2v) is 7.01. The summed E-state index contributed by atoms with van der Waals surface area (Å²) in [6, 6.07) is 0. The molecule has 0 aromatic heterocycles. The molecule has 0 bridgehead atoms. The molecule has 4 heteroatoms. The molecule has 0 aromatic rings. The zero-order chi connectivity index (χ0) is 13.2. The summed E-state index contributed by atoms with van der Waals surface area (Å²) in [4.78, 5) is 14.5. The van der Waals surface area contributed by atoms with Crippen LogP contribution >= 0.6 is 12.4 Å². The zero-order valence-corrected chi connectivity index (χ0v) is 13.4. The van der Waals surface area contributed by atoms with Crippen molar-refractivity contribution in [3.63, 3.8) is 0 Å². The molecule has 2 rings (SSSR count). The topological polar surface area (TPSA) is 32.3 Å². The maximum Gasteiger partial charge on any atom is 0.226 e. The number of carbonyl (C=O) groups excluding carboxylic acids is 1. The number of hydrogen-bond donors (Lipinski definition) is 1. The van der Waals surface area contributed by atoms with Crippen molar-refractivity contribution < 1.29 is 4.79 Å². The van der Waals surface area contributed by atoms with Gasteiger partial charge in [-0.05, 0) is 43.6 Å². The summed E-state index contributed by atoms with van der Waals surface area (Å²) in [5, 5.41) is 3.34. The van der Waals surface area contributed by atoms with Gasteiger partial charge in [-0.15, -0.1) is 12.4 Å². The Kier molecular flexibility index (Phi) is 6.13. The van der Waals surface area contributed by atoms with E-state index in [2.05, 4.69) is 31.0 Å². The first kappa shape index (κ1) is 16.8. The highest BCUT2D eigenvalue weighted by Crippen LogP contribution is 2.34. The van der Waals surface area contributed by atoms with Crippen molar-refractivity contribution in [2.75, 3.05) is 26.2 Å². The fourth-order valence-corrected chi connectivity index (χ4v) is 3.29. The van der Waals surface area contributed by atoms with E-state index in [0.717, 1.165) is 44.9 Å². The van der Waals surface area contributed by atoms with Crippen molar-refractivity contribution in [1.82, 2.24) is 10.2 Å². The van der Waals surface area contributed by atoms with Crippen molar-refractivity contribution in [2.45, 2.75) is 46.5 Å². The highest BCUT2D eigenvalue weighted by molar-refractivity contribution is 5.85. The van der Waals surface area contributed by atoms with Crippen LogP contribution in [-0.4, -0.2) is 37.0 Å². The minimum absolute atomic E-state index is 0. The van der Waals surface area contributed by atoms with Crippen LogP contribution in [0.25, 0.3) is 0 Å². The molecule has 0 saturated carbocycles. The smallest absolute Gasteiger partial charge is 0.226 e. The second-order valence-electron chi connectivity index (χ2n) is 7.01. The molecule has 3 nitrogen and oxygen atoms in total. The number of hydrogen-bond acceptors (Lipinski definition) is 2. The summed E-state index contributed by atoms with van der Waals surface area (Å²) >= 11 is 0. The summed E-state index contributed by atoms with van der Waals surface area (Å²) in [6.07, 6.45) is 4.57. The Bertz CT molecular complexity index is 287. The van der Waals surface area contributed by atoms with Gasteiger partial charge < -0.3 is 10.2 Å². The van der Waals surface area contributed by atoms with E-state index in [1.165, 1.54) is 12.8 Å². The average Bonchev–Trinajstić information content (AvgIpc) is 2.38. The highest BCUT2D eigenvalue weighted by atomic mass is 35.5.